The van der Waals surface area contributed by atoms with Gasteiger partial charge < -0.3 is 0 Å². The highest BCUT2D eigenvalue weighted by atomic mass is 15.0. The van der Waals surface area contributed by atoms with Gasteiger partial charge in [-0.05, 0) is 35.2 Å². The zero-order valence-electron chi connectivity index (χ0n) is 16.3. The van der Waals surface area contributed by atoms with Crippen LogP contribution in [0.5, 0.6) is 0 Å². The van der Waals surface area contributed by atoms with Gasteiger partial charge in [0.25, 0.3) is 0 Å². The van der Waals surface area contributed by atoms with Crippen molar-refractivity contribution in [2.75, 3.05) is 0 Å². The summed E-state index contributed by atoms with van der Waals surface area (Å²) in [5, 5.41) is 0. The SMILES string of the molecule is Cc1nc(-c2ccccc2)nc(-c2ccc3c(c2)C(C)(C)c2ccccc2-3)n1. The van der Waals surface area contributed by atoms with Crippen LogP contribution in [0.15, 0.2) is 72.8 Å². The summed E-state index contributed by atoms with van der Waals surface area (Å²) < 4.78 is 0. The first-order valence-electron chi connectivity index (χ1n) is 9.57. The van der Waals surface area contributed by atoms with Gasteiger partial charge in [0.1, 0.15) is 5.82 Å². The van der Waals surface area contributed by atoms with E-state index in [9.17, 15) is 0 Å². The standard InChI is InChI=1S/C25H21N3/c1-16-26-23(17-9-5-4-6-10-17)28-24(27-16)18-13-14-20-19-11-7-8-12-21(19)25(2,3)22(20)15-18/h4-15H,1-3H3. The summed E-state index contributed by atoms with van der Waals surface area (Å²) in [7, 11) is 0. The van der Waals surface area contributed by atoms with E-state index in [1.54, 1.807) is 0 Å². The van der Waals surface area contributed by atoms with Crippen molar-refractivity contribution in [2.45, 2.75) is 26.2 Å². The van der Waals surface area contributed by atoms with E-state index >= 15 is 0 Å². The Bertz CT molecular complexity index is 1190. The Morgan fingerprint density at radius 1 is 0.607 bits per heavy atom. The summed E-state index contributed by atoms with van der Waals surface area (Å²) in [4.78, 5) is 13.9. The van der Waals surface area contributed by atoms with Crippen LogP contribution in [0, 0.1) is 6.92 Å². The minimum Gasteiger partial charge on any atom is -0.213 e. The normalized spacial score (nSPS) is 13.8. The predicted octanol–water partition coefficient (Wildman–Crippen LogP) is 5.82. The molecule has 0 amide bonds. The molecular weight excluding hydrogens is 342 g/mol. The van der Waals surface area contributed by atoms with Crippen molar-refractivity contribution in [3.8, 4) is 33.9 Å². The van der Waals surface area contributed by atoms with Crippen LogP contribution in [0.2, 0.25) is 0 Å². The fraction of sp³-hybridized carbons (Fsp3) is 0.160. The van der Waals surface area contributed by atoms with Crippen molar-refractivity contribution in [3.05, 3.63) is 89.7 Å². The second-order valence-electron chi connectivity index (χ2n) is 7.83. The molecule has 1 heterocycles. The third kappa shape index (κ3) is 2.55. The third-order valence-corrected chi connectivity index (χ3v) is 5.62. The van der Waals surface area contributed by atoms with Crippen molar-refractivity contribution < 1.29 is 0 Å². The molecule has 3 heteroatoms. The zero-order valence-corrected chi connectivity index (χ0v) is 16.3. The van der Waals surface area contributed by atoms with Gasteiger partial charge in [-0.15, -0.1) is 0 Å². The molecule has 28 heavy (non-hydrogen) atoms. The number of aromatic nitrogens is 3. The highest BCUT2D eigenvalue weighted by Crippen LogP contribution is 2.49. The monoisotopic (exact) mass is 363 g/mol. The second kappa shape index (κ2) is 6.10. The van der Waals surface area contributed by atoms with Gasteiger partial charge in [-0.25, -0.2) is 15.0 Å². The van der Waals surface area contributed by atoms with E-state index < -0.39 is 0 Å². The molecule has 136 valence electrons. The minimum absolute atomic E-state index is 0.0354. The topological polar surface area (TPSA) is 38.7 Å². The van der Waals surface area contributed by atoms with E-state index in [1.165, 1.54) is 22.3 Å². The maximum absolute atomic E-state index is 4.77. The first-order valence-corrected chi connectivity index (χ1v) is 9.57. The molecule has 5 rings (SSSR count). The lowest BCUT2D eigenvalue weighted by Gasteiger charge is -2.21. The highest BCUT2D eigenvalue weighted by molar-refractivity contribution is 5.82. The molecule has 3 nitrogen and oxygen atoms in total. The summed E-state index contributed by atoms with van der Waals surface area (Å²) in [5.41, 5.74) is 7.32. The Morgan fingerprint density at radius 3 is 2.04 bits per heavy atom. The summed E-state index contributed by atoms with van der Waals surface area (Å²) in [5.74, 6) is 2.17. The van der Waals surface area contributed by atoms with Gasteiger partial charge in [0, 0.05) is 16.5 Å². The number of hydrogen-bond donors (Lipinski definition) is 0. The van der Waals surface area contributed by atoms with Gasteiger partial charge in [0.2, 0.25) is 0 Å². The molecule has 1 aliphatic rings. The van der Waals surface area contributed by atoms with Crippen LogP contribution < -0.4 is 0 Å². The molecule has 0 saturated carbocycles. The molecule has 0 radical (unpaired) electrons. The zero-order chi connectivity index (χ0) is 19.3. The first-order chi connectivity index (χ1) is 13.5. The van der Waals surface area contributed by atoms with Crippen molar-refractivity contribution in [2.24, 2.45) is 0 Å². The molecule has 1 aliphatic carbocycles. The molecular formula is C25H21N3. The molecule has 0 aliphatic heterocycles. The van der Waals surface area contributed by atoms with Gasteiger partial charge in [-0.3, -0.25) is 0 Å². The van der Waals surface area contributed by atoms with Crippen LogP contribution in [0.1, 0.15) is 30.8 Å². The molecule has 0 fully saturated rings. The largest absolute Gasteiger partial charge is 0.213 e. The number of hydrogen-bond acceptors (Lipinski definition) is 3. The number of fused-ring (bicyclic) bond motifs is 3. The molecule has 3 aromatic carbocycles. The van der Waals surface area contributed by atoms with Crippen molar-refractivity contribution in [3.63, 3.8) is 0 Å². The second-order valence-corrected chi connectivity index (χ2v) is 7.83. The Hall–Kier alpha value is -3.33. The van der Waals surface area contributed by atoms with Crippen molar-refractivity contribution >= 4 is 0 Å². The number of rotatable bonds is 2. The smallest absolute Gasteiger partial charge is 0.163 e. The molecule has 0 saturated heterocycles. The molecule has 1 aromatic heterocycles. The van der Waals surface area contributed by atoms with E-state index in [4.69, 9.17) is 4.98 Å². The molecule has 0 N–H and O–H groups in total. The quantitative estimate of drug-likeness (QED) is 0.450. The third-order valence-electron chi connectivity index (χ3n) is 5.62. The number of aryl methyl sites for hydroxylation is 1. The number of nitrogens with zero attached hydrogens (tertiary/aromatic N) is 3. The number of benzene rings is 3. The summed E-state index contributed by atoms with van der Waals surface area (Å²) in [6.45, 7) is 6.50. The predicted molar refractivity (Wildman–Crippen MR) is 113 cm³/mol. The van der Waals surface area contributed by atoms with Gasteiger partial charge >= 0.3 is 0 Å². The molecule has 4 aromatic rings. The average molecular weight is 363 g/mol. The fourth-order valence-electron chi connectivity index (χ4n) is 4.17. The lowest BCUT2D eigenvalue weighted by Crippen LogP contribution is -2.15. The fourth-order valence-corrected chi connectivity index (χ4v) is 4.17. The first kappa shape index (κ1) is 16.8. The van der Waals surface area contributed by atoms with Crippen LogP contribution in [-0.2, 0) is 5.41 Å². The summed E-state index contributed by atoms with van der Waals surface area (Å²) >= 11 is 0. The minimum atomic E-state index is -0.0354. The van der Waals surface area contributed by atoms with Crippen molar-refractivity contribution in [1.82, 2.24) is 15.0 Å². The van der Waals surface area contributed by atoms with Crippen LogP contribution in [0.25, 0.3) is 33.9 Å². The van der Waals surface area contributed by atoms with Crippen LogP contribution in [0.4, 0.5) is 0 Å². The maximum atomic E-state index is 4.77. The molecule has 0 atom stereocenters. The maximum Gasteiger partial charge on any atom is 0.163 e. The van der Waals surface area contributed by atoms with Crippen molar-refractivity contribution in [1.29, 1.82) is 0 Å². The Balaban J connectivity index is 1.65. The Kier molecular flexibility index (Phi) is 3.66. The van der Waals surface area contributed by atoms with E-state index in [0.29, 0.717) is 5.82 Å². The van der Waals surface area contributed by atoms with Crippen LogP contribution in [0.3, 0.4) is 0 Å². The van der Waals surface area contributed by atoms with Crippen LogP contribution >= 0.6 is 0 Å². The van der Waals surface area contributed by atoms with E-state index in [1.807, 2.05) is 37.3 Å². The molecule has 0 bridgehead atoms. The average Bonchev–Trinajstić information content (AvgIpc) is 2.95. The Morgan fingerprint density at radius 2 is 1.25 bits per heavy atom. The van der Waals surface area contributed by atoms with Crippen LogP contribution in [-0.4, -0.2) is 15.0 Å². The highest BCUT2D eigenvalue weighted by Gasteiger charge is 2.35. The van der Waals surface area contributed by atoms with Gasteiger partial charge in [-0.1, -0.05) is 80.6 Å². The van der Waals surface area contributed by atoms with E-state index in [-0.39, 0.29) is 5.41 Å². The molecule has 0 spiro atoms. The molecule has 0 unspecified atom stereocenters. The summed E-state index contributed by atoms with van der Waals surface area (Å²) in [6, 6.07) is 25.3. The van der Waals surface area contributed by atoms with Gasteiger partial charge in [-0.2, -0.15) is 0 Å². The van der Waals surface area contributed by atoms with E-state index in [2.05, 4.69) is 66.3 Å². The van der Waals surface area contributed by atoms with E-state index in [0.717, 1.165) is 22.8 Å². The summed E-state index contributed by atoms with van der Waals surface area (Å²) in [6.07, 6.45) is 0. The lowest BCUT2D eigenvalue weighted by atomic mass is 9.82. The lowest BCUT2D eigenvalue weighted by molar-refractivity contribution is 0.660. The van der Waals surface area contributed by atoms with Gasteiger partial charge in [0.15, 0.2) is 11.6 Å². The Labute approximate surface area is 165 Å². The van der Waals surface area contributed by atoms with Gasteiger partial charge in [0.05, 0.1) is 0 Å².